The molecular formula is C17H13ClN2O3. The van der Waals surface area contributed by atoms with Gasteiger partial charge in [0.15, 0.2) is 11.5 Å². The Labute approximate surface area is 138 Å². The van der Waals surface area contributed by atoms with Crippen LogP contribution in [0.2, 0.25) is 5.02 Å². The fraction of sp³-hybridized carbons (Fsp3) is 0.0588. The number of phenolic OH excluding ortho intramolecular Hbond substituents is 2. The molecule has 1 amide bonds. The summed E-state index contributed by atoms with van der Waals surface area (Å²) < 4.78 is 0. The first-order valence-corrected chi connectivity index (χ1v) is 7.00. The minimum atomic E-state index is -0.578. The number of para-hydroxylation sites is 1. The van der Waals surface area contributed by atoms with Gasteiger partial charge in [-0.3, -0.25) is 4.79 Å². The Kier molecular flexibility index (Phi) is 4.89. The van der Waals surface area contributed by atoms with Crippen LogP contribution < -0.4 is 5.32 Å². The highest BCUT2D eigenvalue weighted by Crippen LogP contribution is 2.34. The van der Waals surface area contributed by atoms with Gasteiger partial charge in [0.2, 0.25) is 0 Å². The van der Waals surface area contributed by atoms with Crippen molar-refractivity contribution < 1.29 is 15.0 Å². The van der Waals surface area contributed by atoms with E-state index in [0.29, 0.717) is 11.3 Å². The van der Waals surface area contributed by atoms with Crippen molar-refractivity contribution in [2.75, 3.05) is 5.32 Å². The Hall–Kier alpha value is -2.97. The fourth-order valence-electron chi connectivity index (χ4n) is 1.91. The van der Waals surface area contributed by atoms with Crippen LogP contribution in [0.4, 0.5) is 5.69 Å². The third kappa shape index (κ3) is 3.82. The van der Waals surface area contributed by atoms with E-state index in [1.54, 1.807) is 18.2 Å². The van der Waals surface area contributed by atoms with Gasteiger partial charge in [0.1, 0.15) is 11.6 Å². The van der Waals surface area contributed by atoms with E-state index in [0.717, 1.165) is 5.56 Å². The van der Waals surface area contributed by atoms with Crippen molar-refractivity contribution in [2.24, 2.45) is 0 Å². The average molecular weight is 329 g/mol. The molecule has 0 unspecified atom stereocenters. The second kappa shape index (κ2) is 6.86. The second-order valence-electron chi connectivity index (χ2n) is 4.81. The zero-order chi connectivity index (χ0) is 17.0. The molecule has 23 heavy (non-hydrogen) atoms. The minimum Gasteiger partial charge on any atom is -0.504 e. The number of anilines is 1. The molecule has 2 rings (SSSR count). The molecule has 2 aromatic rings. The number of nitrogens with zero attached hydrogens (tertiary/aromatic N) is 1. The van der Waals surface area contributed by atoms with Crippen molar-refractivity contribution in [3.63, 3.8) is 0 Å². The quantitative estimate of drug-likeness (QED) is 0.456. The Balaban J connectivity index is 2.31. The van der Waals surface area contributed by atoms with E-state index in [1.807, 2.05) is 19.1 Å². The maximum absolute atomic E-state index is 12.2. The summed E-state index contributed by atoms with van der Waals surface area (Å²) in [5, 5.41) is 30.7. The number of hydrogen-bond donors (Lipinski definition) is 3. The first kappa shape index (κ1) is 16.4. The highest BCUT2D eigenvalue weighted by Gasteiger charge is 2.12. The smallest absolute Gasteiger partial charge is 0.266 e. The van der Waals surface area contributed by atoms with Crippen molar-refractivity contribution >= 4 is 29.3 Å². The number of carbonyl (C=O) groups excluding carboxylic acids is 1. The predicted octanol–water partition coefficient (Wildman–Crippen LogP) is 3.61. The van der Waals surface area contributed by atoms with E-state index >= 15 is 0 Å². The van der Waals surface area contributed by atoms with Gasteiger partial charge in [0, 0.05) is 5.69 Å². The summed E-state index contributed by atoms with van der Waals surface area (Å²) >= 11 is 5.75. The van der Waals surface area contributed by atoms with Crippen molar-refractivity contribution in [3.05, 3.63) is 58.1 Å². The van der Waals surface area contributed by atoms with Gasteiger partial charge in [-0.2, -0.15) is 5.26 Å². The number of nitriles is 1. The van der Waals surface area contributed by atoms with Crippen LogP contribution in [-0.4, -0.2) is 16.1 Å². The number of carbonyl (C=O) groups is 1. The number of phenols is 2. The minimum absolute atomic E-state index is 0.0761. The normalized spacial score (nSPS) is 10.9. The van der Waals surface area contributed by atoms with Crippen LogP contribution in [0.3, 0.4) is 0 Å². The van der Waals surface area contributed by atoms with E-state index in [9.17, 15) is 20.3 Å². The third-order valence-electron chi connectivity index (χ3n) is 3.13. The second-order valence-corrected chi connectivity index (χ2v) is 5.22. The highest BCUT2D eigenvalue weighted by atomic mass is 35.5. The number of hydrogen-bond acceptors (Lipinski definition) is 4. The maximum atomic E-state index is 12.2. The number of benzene rings is 2. The van der Waals surface area contributed by atoms with Gasteiger partial charge < -0.3 is 15.5 Å². The summed E-state index contributed by atoms with van der Waals surface area (Å²) in [6, 6.07) is 11.5. The Morgan fingerprint density at radius 2 is 2.00 bits per heavy atom. The molecule has 0 radical (unpaired) electrons. The lowest BCUT2D eigenvalue weighted by atomic mass is 10.1. The molecule has 0 saturated heterocycles. The Morgan fingerprint density at radius 1 is 1.30 bits per heavy atom. The molecule has 0 spiro atoms. The molecule has 0 aliphatic carbocycles. The zero-order valence-electron chi connectivity index (χ0n) is 12.2. The fourth-order valence-corrected chi connectivity index (χ4v) is 2.13. The molecule has 6 heteroatoms. The van der Waals surface area contributed by atoms with Gasteiger partial charge in [-0.15, -0.1) is 0 Å². The van der Waals surface area contributed by atoms with Gasteiger partial charge >= 0.3 is 0 Å². The number of aryl methyl sites for hydroxylation is 1. The van der Waals surface area contributed by atoms with Gasteiger partial charge in [0.05, 0.1) is 5.02 Å². The van der Waals surface area contributed by atoms with Crippen LogP contribution in [-0.2, 0) is 4.79 Å². The zero-order valence-corrected chi connectivity index (χ0v) is 12.9. The van der Waals surface area contributed by atoms with Crippen LogP contribution in [0.15, 0.2) is 42.0 Å². The van der Waals surface area contributed by atoms with Crippen LogP contribution in [0.1, 0.15) is 11.1 Å². The Bertz CT molecular complexity index is 815. The van der Waals surface area contributed by atoms with E-state index in [2.05, 4.69) is 5.32 Å². The molecular weight excluding hydrogens is 316 g/mol. The molecule has 0 bridgehead atoms. The SMILES string of the molecule is Cc1ccccc1NC(=O)/C(C#N)=C/c1cc(O)c(O)c(Cl)c1. The monoisotopic (exact) mass is 328 g/mol. The van der Waals surface area contributed by atoms with Crippen molar-refractivity contribution in [1.29, 1.82) is 5.26 Å². The third-order valence-corrected chi connectivity index (χ3v) is 3.42. The van der Waals surface area contributed by atoms with Crippen LogP contribution >= 0.6 is 11.6 Å². The summed E-state index contributed by atoms with van der Waals surface area (Å²) in [4.78, 5) is 12.2. The molecule has 0 aliphatic heterocycles. The highest BCUT2D eigenvalue weighted by molar-refractivity contribution is 6.32. The summed E-state index contributed by atoms with van der Waals surface area (Å²) in [6.07, 6.45) is 1.28. The van der Waals surface area contributed by atoms with Gasteiger partial charge in [-0.05, 0) is 42.3 Å². The number of halogens is 1. The lowest BCUT2D eigenvalue weighted by molar-refractivity contribution is -0.112. The van der Waals surface area contributed by atoms with Gasteiger partial charge in [-0.1, -0.05) is 29.8 Å². The largest absolute Gasteiger partial charge is 0.504 e. The van der Waals surface area contributed by atoms with Gasteiger partial charge in [-0.25, -0.2) is 0 Å². The lowest BCUT2D eigenvalue weighted by Crippen LogP contribution is -2.14. The lowest BCUT2D eigenvalue weighted by Gasteiger charge is -2.07. The topological polar surface area (TPSA) is 93.4 Å². The van der Waals surface area contributed by atoms with Crippen molar-refractivity contribution in [3.8, 4) is 17.6 Å². The van der Waals surface area contributed by atoms with Crippen LogP contribution in [0, 0.1) is 18.3 Å². The standard InChI is InChI=1S/C17H13ClN2O3/c1-10-4-2-3-5-14(10)20-17(23)12(9-19)6-11-7-13(18)16(22)15(21)8-11/h2-8,21-22H,1H3,(H,20,23)/b12-6+. The summed E-state index contributed by atoms with van der Waals surface area (Å²) in [7, 11) is 0. The molecule has 116 valence electrons. The maximum Gasteiger partial charge on any atom is 0.266 e. The first-order valence-electron chi connectivity index (χ1n) is 6.62. The molecule has 2 aromatic carbocycles. The van der Waals surface area contributed by atoms with Crippen molar-refractivity contribution in [2.45, 2.75) is 6.92 Å². The van der Waals surface area contributed by atoms with Gasteiger partial charge in [0.25, 0.3) is 5.91 Å². The molecule has 0 atom stereocenters. The van der Waals surface area contributed by atoms with E-state index in [1.165, 1.54) is 18.2 Å². The molecule has 3 N–H and O–H groups in total. The summed E-state index contributed by atoms with van der Waals surface area (Å²) in [5.41, 5.74) is 1.63. The molecule has 5 nitrogen and oxygen atoms in total. The number of amides is 1. The van der Waals surface area contributed by atoms with E-state index in [4.69, 9.17) is 11.6 Å². The number of aromatic hydroxyl groups is 2. The number of rotatable bonds is 3. The molecule has 0 aromatic heterocycles. The average Bonchev–Trinajstić information content (AvgIpc) is 2.52. The molecule has 0 saturated carbocycles. The summed E-state index contributed by atoms with van der Waals surface area (Å²) in [5.74, 6) is -1.46. The molecule has 0 aliphatic rings. The van der Waals surface area contributed by atoms with Crippen LogP contribution in [0.25, 0.3) is 6.08 Å². The van der Waals surface area contributed by atoms with E-state index in [-0.39, 0.29) is 10.6 Å². The first-order chi connectivity index (χ1) is 10.9. The molecule has 0 heterocycles. The van der Waals surface area contributed by atoms with Crippen LogP contribution in [0.5, 0.6) is 11.5 Å². The number of nitrogens with one attached hydrogen (secondary N) is 1. The van der Waals surface area contributed by atoms with Crippen molar-refractivity contribution in [1.82, 2.24) is 0 Å². The Morgan fingerprint density at radius 3 is 2.61 bits per heavy atom. The predicted molar refractivity (Wildman–Crippen MR) is 88.2 cm³/mol. The van der Waals surface area contributed by atoms with E-state index < -0.39 is 17.4 Å². The molecule has 0 fully saturated rings. The summed E-state index contributed by atoms with van der Waals surface area (Å²) in [6.45, 7) is 1.84.